The first-order valence-corrected chi connectivity index (χ1v) is 11.7. The number of hydrogen-bond acceptors (Lipinski definition) is 6. The number of sulfonamides is 1. The number of anilines is 2. The van der Waals surface area contributed by atoms with Crippen molar-refractivity contribution in [2.45, 2.75) is 37.6 Å². The molecule has 0 aliphatic carbocycles. The number of nitrogens with zero attached hydrogens (tertiary/aromatic N) is 3. The van der Waals surface area contributed by atoms with E-state index >= 15 is 0 Å². The lowest BCUT2D eigenvalue weighted by Gasteiger charge is -2.32. The fourth-order valence-corrected chi connectivity index (χ4v) is 4.99. The van der Waals surface area contributed by atoms with E-state index in [1.165, 1.54) is 12.1 Å². The fourth-order valence-electron chi connectivity index (χ4n) is 4.03. The fraction of sp³-hybridized carbons (Fsp3) is 0.304. The lowest BCUT2D eigenvalue weighted by molar-refractivity contribution is 0.459. The number of hydrogen-bond donors (Lipinski definition) is 1. The molecule has 2 heterocycles. The molecular weight excluding hydrogens is 412 g/mol. The Morgan fingerprint density at radius 3 is 2.29 bits per heavy atom. The molecule has 4 rings (SSSR count). The number of benzene rings is 2. The highest BCUT2D eigenvalue weighted by molar-refractivity contribution is 7.92. The zero-order chi connectivity index (χ0) is 22.1. The highest BCUT2D eigenvalue weighted by Gasteiger charge is 2.37. The van der Waals surface area contributed by atoms with Crippen molar-refractivity contribution in [3.05, 3.63) is 66.7 Å². The average molecular weight is 439 g/mol. The van der Waals surface area contributed by atoms with Crippen LogP contribution >= 0.6 is 0 Å². The molecule has 1 N–H and O–H groups in total. The predicted molar refractivity (Wildman–Crippen MR) is 121 cm³/mol. The third-order valence-corrected chi connectivity index (χ3v) is 6.63. The third kappa shape index (κ3) is 4.80. The second-order valence-corrected chi connectivity index (χ2v) is 10.1. The number of rotatable bonds is 6. The summed E-state index contributed by atoms with van der Waals surface area (Å²) in [6, 6.07) is 19.2. The van der Waals surface area contributed by atoms with Gasteiger partial charge in [-0.15, -0.1) is 0 Å². The topological polar surface area (TPSA) is 84.4 Å². The van der Waals surface area contributed by atoms with Gasteiger partial charge < -0.3 is 9.64 Å². The number of nitrogens with one attached hydrogen (secondary N) is 1. The summed E-state index contributed by atoms with van der Waals surface area (Å²) >= 11 is 0. The van der Waals surface area contributed by atoms with Crippen LogP contribution in [0.15, 0.2) is 71.6 Å². The summed E-state index contributed by atoms with van der Waals surface area (Å²) < 4.78 is 34.1. The standard InChI is InChI=1S/C23H26N4O3S/c1-17-15-23(2,3)27(16-17)20-14-21(30-18-10-6-4-7-11-18)25-22(24-20)26-31(28,29)19-12-8-5-9-13-19/h4-14,17H,15-16H2,1-3H3,(H,24,25,26). The normalized spacial score (nSPS) is 18.0. The van der Waals surface area contributed by atoms with Gasteiger partial charge in [0.15, 0.2) is 0 Å². The largest absolute Gasteiger partial charge is 0.439 e. The highest BCUT2D eigenvalue weighted by atomic mass is 32.2. The predicted octanol–water partition coefficient (Wildman–Crippen LogP) is 4.69. The third-order valence-electron chi connectivity index (χ3n) is 5.28. The van der Waals surface area contributed by atoms with E-state index in [0.717, 1.165) is 13.0 Å². The van der Waals surface area contributed by atoms with Crippen LogP contribution in [0.1, 0.15) is 27.2 Å². The molecule has 0 bridgehead atoms. The van der Waals surface area contributed by atoms with E-state index in [-0.39, 0.29) is 22.3 Å². The van der Waals surface area contributed by atoms with Crippen molar-refractivity contribution < 1.29 is 13.2 Å². The van der Waals surface area contributed by atoms with E-state index < -0.39 is 10.0 Å². The Labute approximate surface area is 183 Å². The van der Waals surface area contributed by atoms with Gasteiger partial charge in [-0.2, -0.15) is 9.97 Å². The Bertz CT molecular complexity index is 1150. The zero-order valence-electron chi connectivity index (χ0n) is 17.8. The molecule has 1 unspecified atom stereocenters. The Hall–Kier alpha value is -3.13. The second kappa shape index (κ2) is 8.19. The van der Waals surface area contributed by atoms with Crippen molar-refractivity contribution in [1.82, 2.24) is 9.97 Å². The Morgan fingerprint density at radius 2 is 1.68 bits per heavy atom. The monoisotopic (exact) mass is 438 g/mol. The summed E-state index contributed by atoms with van der Waals surface area (Å²) in [6.45, 7) is 7.33. The molecule has 162 valence electrons. The molecule has 3 aromatic rings. The summed E-state index contributed by atoms with van der Waals surface area (Å²) in [4.78, 5) is 11.2. The van der Waals surface area contributed by atoms with Crippen LogP contribution in [0, 0.1) is 5.92 Å². The Morgan fingerprint density at radius 1 is 1.03 bits per heavy atom. The molecule has 1 aliphatic rings. The maximum Gasteiger partial charge on any atom is 0.264 e. The minimum atomic E-state index is -3.83. The van der Waals surface area contributed by atoms with Crippen LogP contribution in [-0.2, 0) is 10.0 Å². The molecule has 1 atom stereocenters. The summed E-state index contributed by atoms with van der Waals surface area (Å²) in [5.74, 6) is 1.98. The minimum absolute atomic E-state index is 0.0253. The molecule has 1 aromatic heterocycles. The molecule has 7 nitrogen and oxygen atoms in total. The lowest BCUT2D eigenvalue weighted by Crippen LogP contribution is -2.38. The maximum absolute atomic E-state index is 12.8. The molecule has 1 saturated heterocycles. The molecule has 1 fully saturated rings. The van der Waals surface area contributed by atoms with Crippen LogP contribution in [0.4, 0.5) is 11.8 Å². The summed E-state index contributed by atoms with van der Waals surface area (Å²) in [7, 11) is -3.83. The van der Waals surface area contributed by atoms with Crippen molar-refractivity contribution in [3.8, 4) is 11.6 Å². The molecular formula is C23H26N4O3S. The molecule has 0 spiro atoms. The van der Waals surface area contributed by atoms with Crippen molar-refractivity contribution in [1.29, 1.82) is 0 Å². The first-order chi connectivity index (χ1) is 14.7. The van der Waals surface area contributed by atoms with Gasteiger partial charge in [0.1, 0.15) is 11.6 Å². The van der Waals surface area contributed by atoms with Gasteiger partial charge in [0.25, 0.3) is 10.0 Å². The first-order valence-electron chi connectivity index (χ1n) is 10.2. The quantitative estimate of drug-likeness (QED) is 0.601. The van der Waals surface area contributed by atoms with Gasteiger partial charge in [-0.25, -0.2) is 13.1 Å². The molecule has 0 amide bonds. The van der Waals surface area contributed by atoms with Crippen molar-refractivity contribution in [3.63, 3.8) is 0 Å². The van der Waals surface area contributed by atoms with Gasteiger partial charge in [-0.05, 0) is 50.5 Å². The Balaban J connectivity index is 1.73. The number of aromatic nitrogens is 2. The average Bonchev–Trinajstić information content (AvgIpc) is 3.01. The van der Waals surface area contributed by atoms with E-state index in [0.29, 0.717) is 17.5 Å². The van der Waals surface area contributed by atoms with Crippen molar-refractivity contribution >= 4 is 21.8 Å². The van der Waals surface area contributed by atoms with E-state index in [4.69, 9.17) is 4.74 Å². The van der Waals surface area contributed by atoms with Gasteiger partial charge >= 0.3 is 0 Å². The molecule has 0 radical (unpaired) electrons. The van der Waals surface area contributed by atoms with Crippen LogP contribution in [0.2, 0.25) is 0 Å². The van der Waals surface area contributed by atoms with Gasteiger partial charge in [0.05, 0.1) is 4.90 Å². The van der Waals surface area contributed by atoms with E-state index in [9.17, 15) is 8.42 Å². The van der Waals surface area contributed by atoms with Gasteiger partial charge in [0, 0.05) is 18.2 Å². The highest BCUT2D eigenvalue weighted by Crippen LogP contribution is 2.37. The van der Waals surface area contributed by atoms with Crippen LogP contribution in [0.3, 0.4) is 0 Å². The van der Waals surface area contributed by atoms with Crippen LogP contribution in [0.5, 0.6) is 11.6 Å². The number of para-hydroxylation sites is 1. The molecule has 0 saturated carbocycles. The molecule has 8 heteroatoms. The smallest absolute Gasteiger partial charge is 0.264 e. The summed E-state index contributed by atoms with van der Waals surface area (Å²) in [6.07, 6.45) is 1.01. The molecule has 31 heavy (non-hydrogen) atoms. The van der Waals surface area contributed by atoms with Crippen LogP contribution in [-0.4, -0.2) is 30.5 Å². The summed E-state index contributed by atoms with van der Waals surface area (Å²) in [5, 5.41) is 0. The van der Waals surface area contributed by atoms with Gasteiger partial charge in [0.2, 0.25) is 11.8 Å². The Kier molecular flexibility index (Phi) is 5.58. The summed E-state index contributed by atoms with van der Waals surface area (Å²) in [5.41, 5.74) is -0.118. The van der Waals surface area contributed by atoms with E-state index in [2.05, 4.69) is 40.4 Å². The SMILES string of the molecule is CC1CN(c2cc(Oc3ccccc3)nc(NS(=O)(=O)c3ccccc3)n2)C(C)(C)C1. The van der Waals surface area contributed by atoms with Gasteiger partial charge in [-0.3, -0.25) is 0 Å². The molecule has 1 aliphatic heterocycles. The number of ether oxygens (including phenoxy) is 1. The van der Waals surface area contributed by atoms with Gasteiger partial charge in [-0.1, -0.05) is 43.3 Å². The van der Waals surface area contributed by atoms with Crippen molar-refractivity contribution in [2.24, 2.45) is 5.92 Å². The first kappa shape index (κ1) is 21.1. The van der Waals surface area contributed by atoms with Crippen LogP contribution < -0.4 is 14.4 Å². The maximum atomic E-state index is 12.8. The van der Waals surface area contributed by atoms with Crippen LogP contribution in [0.25, 0.3) is 0 Å². The minimum Gasteiger partial charge on any atom is -0.439 e. The van der Waals surface area contributed by atoms with E-state index in [1.54, 1.807) is 24.3 Å². The lowest BCUT2D eigenvalue weighted by atomic mass is 9.98. The zero-order valence-corrected chi connectivity index (χ0v) is 18.6. The second-order valence-electron chi connectivity index (χ2n) is 8.45. The van der Waals surface area contributed by atoms with E-state index in [1.807, 2.05) is 30.3 Å². The molecule has 2 aromatic carbocycles. The van der Waals surface area contributed by atoms with Crippen molar-refractivity contribution in [2.75, 3.05) is 16.2 Å².